The fourth-order valence-electron chi connectivity index (χ4n) is 1.29. The first kappa shape index (κ1) is 13.3. The topological polar surface area (TPSA) is 46.2 Å². The summed E-state index contributed by atoms with van der Waals surface area (Å²) in [7, 11) is 0. The van der Waals surface area contributed by atoms with E-state index in [2.05, 4.69) is 0 Å². The molecule has 16 heavy (non-hydrogen) atoms. The lowest BCUT2D eigenvalue weighted by molar-refractivity contribution is -0.137. The average molecular weight is 254 g/mol. The highest BCUT2D eigenvalue weighted by Gasteiger charge is 2.31. The van der Waals surface area contributed by atoms with Gasteiger partial charge in [-0.15, -0.1) is 0 Å². The highest BCUT2D eigenvalue weighted by molar-refractivity contribution is 6.31. The summed E-state index contributed by atoms with van der Waals surface area (Å²) in [5, 5.41) is 9.67. The number of halogens is 4. The summed E-state index contributed by atoms with van der Waals surface area (Å²) < 4.78 is 37.2. The van der Waals surface area contributed by atoms with Crippen LogP contribution in [-0.4, -0.2) is 11.7 Å². The second-order valence-corrected chi connectivity index (χ2v) is 3.73. The van der Waals surface area contributed by atoms with Gasteiger partial charge >= 0.3 is 6.18 Å². The summed E-state index contributed by atoms with van der Waals surface area (Å²) in [6, 6.07) is 2.85. The summed E-state index contributed by atoms with van der Waals surface area (Å²) in [6.07, 6.45) is -5.34. The summed E-state index contributed by atoms with van der Waals surface area (Å²) in [5.74, 6) is 0. The standard InChI is InChI=1S/C10H11ClF3NO/c11-8-2-1-6(10(12,13)14)5-7(8)9(16)3-4-15/h1-2,5,9,16H,3-4,15H2. The Hall–Kier alpha value is -0.780. The predicted octanol–water partition coefficient (Wildman–Crippen LogP) is 2.74. The largest absolute Gasteiger partial charge is 0.416 e. The Morgan fingerprint density at radius 2 is 2.00 bits per heavy atom. The Kier molecular flexibility index (Phi) is 4.18. The predicted molar refractivity (Wildman–Crippen MR) is 55.1 cm³/mol. The van der Waals surface area contributed by atoms with Crippen molar-refractivity contribution in [3.63, 3.8) is 0 Å². The summed E-state index contributed by atoms with van der Waals surface area (Å²) in [6.45, 7) is 0.174. The van der Waals surface area contributed by atoms with E-state index in [0.717, 1.165) is 18.2 Å². The quantitative estimate of drug-likeness (QED) is 0.870. The second kappa shape index (κ2) is 5.03. The van der Waals surface area contributed by atoms with Gasteiger partial charge < -0.3 is 10.8 Å². The number of hydrogen-bond acceptors (Lipinski definition) is 2. The molecule has 0 saturated heterocycles. The molecule has 0 amide bonds. The van der Waals surface area contributed by atoms with Crippen molar-refractivity contribution in [2.75, 3.05) is 6.54 Å². The van der Waals surface area contributed by atoms with Crippen molar-refractivity contribution in [1.82, 2.24) is 0 Å². The van der Waals surface area contributed by atoms with E-state index in [1.54, 1.807) is 0 Å². The van der Waals surface area contributed by atoms with Crippen molar-refractivity contribution in [1.29, 1.82) is 0 Å². The monoisotopic (exact) mass is 253 g/mol. The van der Waals surface area contributed by atoms with E-state index in [1.807, 2.05) is 0 Å². The van der Waals surface area contributed by atoms with E-state index >= 15 is 0 Å². The highest BCUT2D eigenvalue weighted by Crippen LogP contribution is 2.34. The third kappa shape index (κ3) is 3.10. The van der Waals surface area contributed by atoms with Crippen LogP contribution < -0.4 is 5.73 Å². The zero-order chi connectivity index (χ0) is 12.3. The van der Waals surface area contributed by atoms with Crippen LogP contribution >= 0.6 is 11.6 Å². The molecule has 1 aromatic rings. The molecule has 90 valence electrons. The maximum Gasteiger partial charge on any atom is 0.416 e. The van der Waals surface area contributed by atoms with E-state index in [4.69, 9.17) is 17.3 Å². The van der Waals surface area contributed by atoms with Crippen molar-refractivity contribution in [2.45, 2.75) is 18.7 Å². The van der Waals surface area contributed by atoms with Crippen molar-refractivity contribution < 1.29 is 18.3 Å². The van der Waals surface area contributed by atoms with E-state index in [1.165, 1.54) is 0 Å². The van der Waals surface area contributed by atoms with Crippen LogP contribution in [-0.2, 0) is 6.18 Å². The Labute approximate surface area is 95.8 Å². The minimum Gasteiger partial charge on any atom is -0.388 e. The highest BCUT2D eigenvalue weighted by atomic mass is 35.5. The van der Waals surface area contributed by atoms with Gasteiger partial charge in [-0.25, -0.2) is 0 Å². The molecule has 0 aliphatic rings. The molecule has 0 aliphatic heterocycles. The van der Waals surface area contributed by atoms with Crippen molar-refractivity contribution >= 4 is 11.6 Å². The minimum absolute atomic E-state index is 0.0574. The van der Waals surface area contributed by atoms with Crippen LogP contribution in [0.15, 0.2) is 18.2 Å². The molecule has 0 saturated carbocycles. The first-order chi connectivity index (χ1) is 7.36. The lowest BCUT2D eigenvalue weighted by atomic mass is 10.0. The minimum atomic E-state index is -4.44. The van der Waals surface area contributed by atoms with Gasteiger partial charge in [0.25, 0.3) is 0 Å². The van der Waals surface area contributed by atoms with Crippen molar-refractivity contribution in [2.24, 2.45) is 5.73 Å². The SMILES string of the molecule is NCCC(O)c1cc(C(F)(F)F)ccc1Cl. The van der Waals surface area contributed by atoms with E-state index in [-0.39, 0.29) is 23.6 Å². The third-order valence-corrected chi connectivity index (χ3v) is 2.47. The number of nitrogens with two attached hydrogens (primary N) is 1. The molecule has 6 heteroatoms. The van der Waals surface area contributed by atoms with Crippen LogP contribution in [0.4, 0.5) is 13.2 Å². The van der Waals surface area contributed by atoms with Gasteiger partial charge in [0.1, 0.15) is 0 Å². The van der Waals surface area contributed by atoms with Gasteiger partial charge in [0.2, 0.25) is 0 Å². The summed E-state index contributed by atoms with van der Waals surface area (Å²) >= 11 is 5.71. The van der Waals surface area contributed by atoms with Crippen LogP contribution in [0.5, 0.6) is 0 Å². The van der Waals surface area contributed by atoms with Gasteiger partial charge in [-0.3, -0.25) is 0 Å². The van der Waals surface area contributed by atoms with Gasteiger partial charge in [-0.05, 0) is 36.7 Å². The van der Waals surface area contributed by atoms with Crippen LogP contribution in [0.25, 0.3) is 0 Å². The molecule has 3 N–H and O–H groups in total. The molecule has 0 heterocycles. The van der Waals surface area contributed by atoms with E-state index < -0.39 is 17.8 Å². The Bertz CT molecular complexity index is 368. The molecular weight excluding hydrogens is 243 g/mol. The molecule has 0 aromatic heterocycles. The molecule has 1 unspecified atom stereocenters. The molecule has 1 aromatic carbocycles. The maximum absolute atomic E-state index is 12.4. The van der Waals surface area contributed by atoms with Crippen LogP contribution in [0.3, 0.4) is 0 Å². The fraction of sp³-hybridized carbons (Fsp3) is 0.400. The lowest BCUT2D eigenvalue weighted by Crippen LogP contribution is -2.10. The van der Waals surface area contributed by atoms with Crippen molar-refractivity contribution in [3.8, 4) is 0 Å². The van der Waals surface area contributed by atoms with Gasteiger partial charge in [0, 0.05) is 5.02 Å². The Morgan fingerprint density at radius 1 is 1.38 bits per heavy atom. The Balaban J connectivity index is 3.09. The average Bonchev–Trinajstić information content (AvgIpc) is 2.16. The number of aliphatic hydroxyl groups is 1. The molecular formula is C10H11ClF3NO. The number of hydrogen-bond donors (Lipinski definition) is 2. The second-order valence-electron chi connectivity index (χ2n) is 3.33. The first-order valence-electron chi connectivity index (χ1n) is 4.61. The molecule has 1 atom stereocenters. The van der Waals surface area contributed by atoms with E-state index in [0.29, 0.717) is 0 Å². The first-order valence-corrected chi connectivity index (χ1v) is 4.99. The fourth-order valence-corrected chi connectivity index (χ4v) is 1.53. The molecule has 0 bridgehead atoms. The molecule has 0 fully saturated rings. The van der Waals surface area contributed by atoms with Gasteiger partial charge in [-0.1, -0.05) is 11.6 Å². The molecule has 0 spiro atoms. The third-order valence-electron chi connectivity index (χ3n) is 2.12. The molecule has 0 aliphatic carbocycles. The van der Waals surface area contributed by atoms with Crippen LogP contribution in [0.2, 0.25) is 5.02 Å². The summed E-state index contributed by atoms with van der Waals surface area (Å²) in [5.41, 5.74) is 4.44. The normalized spacial score (nSPS) is 13.9. The van der Waals surface area contributed by atoms with Gasteiger partial charge in [-0.2, -0.15) is 13.2 Å². The van der Waals surface area contributed by atoms with Gasteiger partial charge in [0.05, 0.1) is 11.7 Å². The zero-order valence-electron chi connectivity index (χ0n) is 8.26. The number of rotatable bonds is 3. The van der Waals surface area contributed by atoms with Crippen molar-refractivity contribution in [3.05, 3.63) is 34.3 Å². The lowest BCUT2D eigenvalue weighted by Gasteiger charge is -2.14. The van der Waals surface area contributed by atoms with Gasteiger partial charge in [0.15, 0.2) is 0 Å². The number of aliphatic hydroxyl groups excluding tert-OH is 1. The van der Waals surface area contributed by atoms with Crippen LogP contribution in [0, 0.1) is 0 Å². The number of benzene rings is 1. The summed E-state index contributed by atoms with van der Waals surface area (Å²) in [4.78, 5) is 0. The number of alkyl halides is 3. The smallest absolute Gasteiger partial charge is 0.388 e. The Morgan fingerprint density at radius 3 is 2.50 bits per heavy atom. The van der Waals surface area contributed by atoms with Crippen LogP contribution in [0.1, 0.15) is 23.7 Å². The van der Waals surface area contributed by atoms with E-state index in [9.17, 15) is 18.3 Å². The zero-order valence-corrected chi connectivity index (χ0v) is 9.02. The molecule has 1 rings (SSSR count). The maximum atomic E-state index is 12.4. The molecule has 2 nitrogen and oxygen atoms in total. The molecule has 0 radical (unpaired) electrons.